The second-order valence-electron chi connectivity index (χ2n) is 5.82. The maximum Gasteiger partial charge on any atom is 0.336 e. The first-order valence-corrected chi connectivity index (χ1v) is 8.65. The van der Waals surface area contributed by atoms with Crippen molar-refractivity contribution in [2.75, 3.05) is 18.9 Å². The first kappa shape index (κ1) is 19.0. The Morgan fingerprint density at radius 1 is 1.41 bits per heavy atom. The van der Waals surface area contributed by atoms with Crippen molar-refractivity contribution in [1.29, 1.82) is 0 Å². The lowest BCUT2D eigenvalue weighted by Gasteiger charge is -2.26. The third-order valence-corrected chi connectivity index (χ3v) is 3.93. The molecule has 0 unspecified atom stereocenters. The lowest BCUT2D eigenvalue weighted by molar-refractivity contribution is -0.150. The van der Waals surface area contributed by atoms with Crippen molar-refractivity contribution in [1.82, 2.24) is 4.90 Å². The number of carbonyl (C=O) groups excluding carboxylic acids is 2. The molecule has 5 nitrogen and oxygen atoms in total. The van der Waals surface area contributed by atoms with Gasteiger partial charge in [0.15, 0.2) is 0 Å². The number of esters is 1. The van der Waals surface area contributed by atoms with Gasteiger partial charge >= 0.3 is 5.97 Å². The highest BCUT2D eigenvalue weighted by atomic mass is 32.2. The molecule has 0 saturated carbocycles. The van der Waals surface area contributed by atoms with Crippen LogP contribution in [0.3, 0.4) is 0 Å². The lowest BCUT2D eigenvalue weighted by atomic mass is 10.1. The van der Waals surface area contributed by atoms with E-state index < -0.39 is 5.60 Å². The highest BCUT2D eigenvalue weighted by Crippen LogP contribution is 2.20. The third-order valence-electron chi connectivity index (χ3n) is 2.71. The molecule has 0 aromatic carbocycles. The van der Waals surface area contributed by atoms with Crippen molar-refractivity contribution in [3.63, 3.8) is 0 Å². The van der Waals surface area contributed by atoms with Gasteiger partial charge < -0.3 is 14.4 Å². The molecule has 1 aliphatic heterocycles. The summed E-state index contributed by atoms with van der Waals surface area (Å²) in [7, 11) is 0. The Balaban J connectivity index is 2.60. The highest BCUT2D eigenvalue weighted by molar-refractivity contribution is 8.23. The molecule has 0 N–H and O–H groups in total. The van der Waals surface area contributed by atoms with Crippen LogP contribution < -0.4 is 0 Å². The van der Waals surface area contributed by atoms with Gasteiger partial charge in [-0.3, -0.25) is 4.79 Å². The van der Waals surface area contributed by atoms with Crippen molar-refractivity contribution in [2.45, 2.75) is 46.1 Å². The first-order valence-electron chi connectivity index (χ1n) is 7.26. The molecule has 0 radical (unpaired) electrons. The number of nitrogens with zero attached hydrogens (tertiary/aromatic N) is 1. The lowest BCUT2D eigenvalue weighted by Crippen LogP contribution is -2.34. The minimum atomic E-state index is -0.538. The first-order chi connectivity index (χ1) is 10.2. The summed E-state index contributed by atoms with van der Waals surface area (Å²) < 4.78 is 10.8. The molecule has 0 saturated heterocycles. The van der Waals surface area contributed by atoms with Crippen molar-refractivity contribution in [3.05, 3.63) is 11.8 Å². The summed E-state index contributed by atoms with van der Waals surface area (Å²) in [5.74, 6) is -0.244. The van der Waals surface area contributed by atoms with E-state index in [1.54, 1.807) is 11.1 Å². The predicted molar refractivity (Wildman–Crippen MR) is 91.6 cm³/mol. The fourth-order valence-electron chi connectivity index (χ4n) is 1.82. The molecule has 0 atom stereocenters. The Bertz CT molecular complexity index is 469. The van der Waals surface area contributed by atoms with Gasteiger partial charge in [0.05, 0.1) is 17.9 Å². The molecule has 0 fully saturated rings. The van der Waals surface area contributed by atoms with Crippen molar-refractivity contribution in [3.8, 4) is 0 Å². The fourth-order valence-corrected chi connectivity index (χ4v) is 2.72. The van der Waals surface area contributed by atoms with Gasteiger partial charge in [-0.1, -0.05) is 11.8 Å². The van der Waals surface area contributed by atoms with Gasteiger partial charge in [0, 0.05) is 12.7 Å². The quantitative estimate of drug-likeness (QED) is 0.577. The Labute approximate surface area is 141 Å². The van der Waals surface area contributed by atoms with Crippen LogP contribution in [0.2, 0.25) is 0 Å². The Morgan fingerprint density at radius 3 is 2.68 bits per heavy atom. The van der Waals surface area contributed by atoms with Crippen molar-refractivity contribution >= 4 is 40.2 Å². The van der Waals surface area contributed by atoms with E-state index in [1.165, 1.54) is 11.8 Å². The van der Waals surface area contributed by atoms with Crippen LogP contribution in [-0.2, 0) is 19.1 Å². The topological polar surface area (TPSA) is 55.8 Å². The summed E-state index contributed by atoms with van der Waals surface area (Å²) in [4.78, 5) is 25.8. The van der Waals surface area contributed by atoms with Gasteiger partial charge in [0.1, 0.15) is 5.60 Å². The van der Waals surface area contributed by atoms with Gasteiger partial charge in [-0.05, 0) is 52.8 Å². The van der Waals surface area contributed by atoms with Gasteiger partial charge in [0.25, 0.3) is 0 Å². The van der Waals surface area contributed by atoms with Crippen molar-refractivity contribution < 1.29 is 19.1 Å². The Morgan fingerprint density at radius 2 is 2.09 bits per heavy atom. The van der Waals surface area contributed by atoms with Crippen LogP contribution in [0.25, 0.3) is 0 Å². The largest absolute Gasteiger partial charge is 0.479 e. The summed E-state index contributed by atoms with van der Waals surface area (Å²) in [5, 5.41) is 0. The molecule has 1 heterocycles. The number of ether oxygens (including phenoxy) is 2. The molecule has 7 heteroatoms. The van der Waals surface area contributed by atoms with E-state index in [9.17, 15) is 9.59 Å². The molecule has 0 aromatic heterocycles. The maximum atomic E-state index is 12.2. The predicted octanol–water partition coefficient (Wildman–Crippen LogP) is 2.89. The van der Waals surface area contributed by atoms with Crippen molar-refractivity contribution in [2.24, 2.45) is 0 Å². The third kappa shape index (κ3) is 6.79. The second-order valence-corrected chi connectivity index (χ2v) is 7.40. The van der Waals surface area contributed by atoms with E-state index in [1.807, 2.05) is 27.7 Å². The Hall–Kier alpha value is -1.08. The van der Waals surface area contributed by atoms with Gasteiger partial charge in [0.2, 0.25) is 10.3 Å². The second kappa shape index (κ2) is 8.53. The molecule has 0 aliphatic carbocycles. The normalized spacial score (nSPS) is 15.1. The average molecular weight is 345 g/mol. The number of hydrogen-bond acceptors (Lipinski definition) is 6. The molecule has 1 amide bonds. The minimum absolute atomic E-state index is 0.0900. The fraction of sp³-hybridized carbons (Fsp3) is 0.667. The van der Waals surface area contributed by atoms with Crippen LogP contribution in [0.5, 0.6) is 0 Å². The van der Waals surface area contributed by atoms with Gasteiger partial charge in [-0.2, -0.15) is 0 Å². The Kier molecular flexibility index (Phi) is 7.35. The standard InChI is InChI=1S/C15H23NO4S2/c1-5-19-14(21)22-10-12(17)16-8-6-7-11(9-16)13(18)20-15(2,3)4/h9H,5-8,10H2,1-4H3. The monoisotopic (exact) mass is 345 g/mol. The summed E-state index contributed by atoms with van der Waals surface area (Å²) >= 11 is 6.17. The van der Waals surface area contributed by atoms with Crippen LogP contribution >= 0.6 is 24.0 Å². The van der Waals surface area contributed by atoms with Gasteiger partial charge in [-0.25, -0.2) is 4.79 Å². The van der Waals surface area contributed by atoms with E-state index in [2.05, 4.69) is 0 Å². The SMILES string of the molecule is CCOC(=S)SCC(=O)N1C=C(C(=O)OC(C)(C)C)CCC1. The maximum absolute atomic E-state index is 12.2. The summed E-state index contributed by atoms with van der Waals surface area (Å²) in [6, 6.07) is 0. The zero-order valence-corrected chi connectivity index (χ0v) is 15.1. The summed E-state index contributed by atoms with van der Waals surface area (Å²) in [6.07, 6.45) is 2.98. The van der Waals surface area contributed by atoms with Crippen LogP contribution in [0, 0.1) is 0 Å². The number of amides is 1. The molecule has 22 heavy (non-hydrogen) atoms. The van der Waals surface area contributed by atoms with E-state index in [0.717, 1.165) is 6.42 Å². The van der Waals surface area contributed by atoms with E-state index in [4.69, 9.17) is 21.7 Å². The molecule has 0 aromatic rings. The van der Waals surface area contributed by atoms with E-state index >= 15 is 0 Å². The summed E-state index contributed by atoms with van der Waals surface area (Å²) in [6.45, 7) is 8.41. The number of thiocarbonyl (C=S) groups is 1. The number of thioether (sulfide) groups is 1. The molecule has 0 spiro atoms. The molecular formula is C15H23NO4S2. The zero-order chi connectivity index (χ0) is 16.8. The molecule has 1 rings (SSSR count). The van der Waals surface area contributed by atoms with E-state index in [-0.39, 0.29) is 17.6 Å². The zero-order valence-electron chi connectivity index (χ0n) is 13.5. The van der Waals surface area contributed by atoms with E-state index in [0.29, 0.717) is 29.5 Å². The molecular weight excluding hydrogens is 322 g/mol. The van der Waals surface area contributed by atoms with Crippen LogP contribution in [0.4, 0.5) is 0 Å². The summed E-state index contributed by atoms with van der Waals surface area (Å²) in [5.41, 5.74) is -0.00378. The average Bonchev–Trinajstić information content (AvgIpc) is 2.43. The number of carbonyl (C=O) groups is 2. The van der Waals surface area contributed by atoms with Crippen LogP contribution in [0.1, 0.15) is 40.5 Å². The molecule has 0 bridgehead atoms. The minimum Gasteiger partial charge on any atom is -0.479 e. The molecule has 1 aliphatic rings. The number of hydrogen-bond donors (Lipinski definition) is 0. The smallest absolute Gasteiger partial charge is 0.336 e. The van der Waals surface area contributed by atoms with Gasteiger partial charge in [-0.15, -0.1) is 0 Å². The van der Waals surface area contributed by atoms with Crippen LogP contribution in [-0.4, -0.2) is 45.7 Å². The molecule has 124 valence electrons. The number of rotatable bonds is 4. The highest BCUT2D eigenvalue weighted by Gasteiger charge is 2.24. The van der Waals surface area contributed by atoms with Crippen LogP contribution in [0.15, 0.2) is 11.8 Å².